The van der Waals surface area contributed by atoms with E-state index < -0.39 is 0 Å². The average Bonchev–Trinajstić information content (AvgIpc) is 3.10. The normalized spacial score (nSPS) is 24.5. The van der Waals surface area contributed by atoms with E-state index in [1.54, 1.807) is 6.07 Å². The van der Waals surface area contributed by atoms with Crippen LogP contribution >= 0.6 is 11.6 Å². The summed E-state index contributed by atoms with van der Waals surface area (Å²) < 4.78 is 2.16. The summed E-state index contributed by atoms with van der Waals surface area (Å²) in [5, 5.41) is 10.4. The van der Waals surface area contributed by atoms with E-state index in [1.807, 2.05) is 12.1 Å². The number of rotatable bonds is 3. The van der Waals surface area contributed by atoms with Gasteiger partial charge in [-0.3, -0.25) is 9.36 Å². The minimum atomic E-state index is -0.347. The van der Waals surface area contributed by atoms with Gasteiger partial charge in [0, 0.05) is 12.6 Å². The van der Waals surface area contributed by atoms with Crippen molar-refractivity contribution in [2.24, 2.45) is 5.92 Å². The van der Waals surface area contributed by atoms with Gasteiger partial charge in [-0.05, 0) is 107 Å². The summed E-state index contributed by atoms with van der Waals surface area (Å²) in [6.07, 6.45) is 7.11. The van der Waals surface area contributed by atoms with Crippen LogP contribution in [0.15, 0.2) is 41.2 Å². The first-order valence-corrected chi connectivity index (χ1v) is 13.5. The van der Waals surface area contributed by atoms with Crippen molar-refractivity contribution >= 4 is 22.5 Å². The second-order valence-corrected chi connectivity index (χ2v) is 11.7. The van der Waals surface area contributed by atoms with Crippen LogP contribution in [0.4, 0.5) is 0 Å². The van der Waals surface area contributed by atoms with Crippen molar-refractivity contribution in [3.8, 4) is 5.69 Å². The van der Waals surface area contributed by atoms with Crippen molar-refractivity contribution < 1.29 is 5.11 Å². The zero-order chi connectivity index (χ0) is 24.3. The quantitative estimate of drug-likeness (QED) is 0.532. The lowest BCUT2D eigenvalue weighted by atomic mass is 9.81. The van der Waals surface area contributed by atoms with Crippen molar-refractivity contribution in [1.82, 2.24) is 14.5 Å². The molecule has 6 rings (SSSR count). The Kier molecular flexibility index (Phi) is 5.78. The fourth-order valence-corrected chi connectivity index (χ4v) is 7.07. The molecule has 5 nitrogen and oxygen atoms in total. The number of hydrogen-bond acceptors (Lipinski definition) is 4. The maximum atomic E-state index is 12.9. The molecule has 1 aromatic heterocycles. The molecule has 0 atom stereocenters. The van der Waals surface area contributed by atoms with Gasteiger partial charge in [-0.25, -0.2) is 0 Å². The van der Waals surface area contributed by atoms with Crippen LogP contribution in [-0.2, 0) is 5.41 Å². The molecule has 6 heteroatoms. The highest BCUT2D eigenvalue weighted by Crippen LogP contribution is 2.45. The SMILES string of the molecule is CC1(C)c2ccc(C3CCN(C4CCC(CO)CC4)CC3)cc2-n2c1nc(=O)c1c(Cl)cccc12. The molecule has 1 saturated carbocycles. The number of hydrogen-bond donors (Lipinski definition) is 1. The zero-order valence-electron chi connectivity index (χ0n) is 20.6. The summed E-state index contributed by atoms with van der Waals surface area (Å²) in [5.74, 6) is 1.84. The minimum absolute atomic E-state index is 0.252. The monoisotopic (exact) mass is 491 g/mol. The Bertz CT molecular complexity index is 1330. The molecule has 3 aromatic rings. The molecule has 0 bridgehead atoms. The Morgan fingerprint density at radius 3 is 2.51 bits per heavy atom. The van der Waals surface area contributed by atoms with E-state index in [9.17, 15) is 9.90 Å². The molecule has 1 saturated heterocycles. The molecular weight excluding hydrogens is 458 g/mol. The molecule has 35 heavy (non-hydrogen) atoms. The van der Waals surface area contributed by atoms with E-state index in [0.717, 1.165) is 43.0 Å². The van der Waals surface area contributed by atoms with E-state index >= 15 is 0 Å². The van der Waals surface area contributed by atoms with Crippen LogP contribution in [0.1, 0.15) is 75.2 Å². The highest BCUT2D eigenvalue weighted by Gasteiger charge is 2.39. The number of aliphatic hydroxyl groups is 1. The number of nitrogens with zero attached hydrogens (tertiary/aromatic N) is 3. The highest BCUT2D eigenvalue weighted by atomic mass is 35.5. The van der Waals surface area contributed by atoms with E-state index in [2.05, 4.69) is 46.5 Å². The first-order valence-electron chi connectivity index (χ1n) is 13.1. The van der Waals surface area contributed by atoms with Gasteiger partial charge < -0.3 is 10.0 Å². The van der Waals surface area contributed by atoms with Crippen LogP contribution in [0.25, 0.3) is 16.6 Å². The predicted octanol–water partition coefficient (Wildman–Crippen LogP) is 5.41. The molecule has 3 aliphatic rings. The van der Waals surface area contributed by atoms with Crippen molar-refractivity contribution in [3.63, 3.8) is 0 Å². The third kappa shape index (κ3) is 3.75. The lowest BCUT2D eigenvalue weighted by molar-refractivity contribution is 0.0907. The number of likely N-dealkylation sites (tertiary alicyclic amines) is 1. The molecule has 2 fully saturated rings. The molecule has 1 N–H and O–H groups in total. The maximum absolute atomic E-state index is 12.9. The largest absolute Gasteiger partial charge is 0.396 e. The van der Waals surface area contributed by atoms with E-state index in [4.69, 9.17) is 11.6 Å². The number of aromatic nitrogens is 2. The smallest absolute Gasteiger partial charge is 0.282 e. The molecule has 3 heterocycles. The van der Waals surface area contributed by atoms with E-state index in [-0.39, 0.29) is 11.0 Å². The van der Waals surface area contributed by atoms with Crippen LogP contribution in [-0.4, -0.2) is 45.3 Å². The number of benzene rings is 2. The molecule has 0 amide bonds. The van der Waals surface area contributed by atoms with Gasteiger partial charge in [-0.15, -0.1) is 0 Å². The maximum Gasteiger partial charge on any atom is 0.282 e. The molecule has 2 aromatic carbocycles. The Balaban J connectivity index is 1.30. The van der Waals surface area contributed by atoms with Gasteiger partial charge in [-0.2, -0.15) is 4.98 Å². The first kappa shape index (κ1) is 23.2. The summed E-state index contributed by atoms with van der Waals surface area (Å²) in [4.78, 5) is 20.1. The molecule has 2 aliphatic heterocycles. The number of halogens is 1. The Morgan fingerprint density at radius 2 is 1.80 bits per heavy atom. The molecule has 184 valence electrons. The average molecular weight is 492 g/mol. The topological polar surface area (TPSA) is 58.4 Å². The third-order valence-corrected chi connectivity index (χ3v) is 9.27. The zero-order valence-corrected chi connectivity index (χ0v) is 21.4. The summed E-state index contributed by atoms with van der Waals surface area (Å²) in [6, 6.07) is 13.2. The molecular formula is C29H34ClN3O2. The van der Waals surface area contributed by atoms with Crippen LogP contribution in [0.2, 0.25) is 5.02 Å². The van der Waals surface area contributed by atoms with Gasteiger partial charge >= 0.3 is 0 Å². The van der Waals surface area contributed by atoms with Crippen molar-refractivity contribution in [3.05, 3.63) is 68.7 Å². The van der Waals surface area contributed by atoms with Crippen LogP contribution < -0.4 is 5.56 Å². The van der Waals surface area contributed by atoms with Crippen molar-refractivity contribution in [1.29, 1.82) is 0 Å². The minimum Gasteiger partial charge on any atom is -0.396 e. The molecule has 1 aliphatic carbocycles. The van der Waals surface area contributed by atoms with Crippen molar-refractivity contribution in [2.45, 2.75) is 69.7 Å². The van der Waals surface area contributed by atoms with Gasteiger partial charge in [-0.1, -0.05) is 29.8 Å². The second kappa shape index (κ2) is 8.72. The summed E-state index contributed by atoms with van der Waals surface area (Å²) in [6.45, 7) is 6.93. The van der Waals surface area contributed by atoms with Gasteiger partial charge in [0.15, 0.2) is 0 Å². The number of piperidine rings is 1. The van der Waals surface area contributed by atoms with Gasteiger partial charge in [0.25, 0.3) is 5.56 Å². The van der Waals surface area contributed by atoms with Crippen LogP contribution in [0.5, 0.6) is 0 Å². The Morgan fingerprint density at radius 1 is 1.06 bits per heavy atom. The van der Waals surface area contributed by atoms with E-state index in [1.165, 1.54) is 36.8 Å². The predicted molar refractivity (Wildman–Crippen MR) is 141 cm³/mol. The first-order chi connectivity index (χ1) is 16.9. The molecule has 0 unspecified atom stereocenters. The van der Waals surface area contributed by atoms with Gasteiger partial charge in [0.2, 0.25) is 0 Å². The lowest BCUT2D eigenvalue weighted by Gasteiger charge is -2.40. The fraction of sp³-hybridized carbons (Fsp3) is 0.517. The Hall–Kier alpha value is -2.21. The molecule has 0 radical (unpaired) electrons. The van der Waals surface area contributed by atoms with E-state index in [0.29, 0.717) is 34.9 Å². The third-order valence-electron chi connectivity index (χ3n) is 8.95. The molecule has 0 spiro atoms. The second-order valence-electron chi connectivity index (χ2n) is 11.3. The van der Waals surface area contributed by atoms with Crippen molar-refractivity contribution in [2.75, 3.05) is 19.7 Å². The van der Waals surface area contributed by atoms with Gasteiger partial charge in [0.05, 0.1) is 27.0 Å². The van der Waals surface area contributed by atoms with Crippen LogP contribution in [0, 0.1) is 5.92 Å². The summed E-state index contributed by atoms with van der Waals surface area (Å²) >= 11 is 6.44. The number of fused-ring (bicyclic) bond motifs is 5. The summed E-state index contributed by atoms with van der Waals surface area (Å²) in [5.41, 5.74) is 3.96. The standard InChI is InChI=1S/C29H34ClN3O2/c1-29(2)22-11-8-20(19-12-14-32(15-13-19)21-9-6-18(17-34)7-10-21)16-25(22)33-24-5-3-4-23(30)26(24)27(35)31-28(29)33/h3-5,8,11,16,18-19,21,34H,6-7,9-10,12-15,17H2,1-2H3. The lowest BCUT2D eigenvalue weighted by Crippen LogP contribution is -2.43. The fourth-order valence-electron chi connectivity index (χ4n) is 6.82. The Labute approximate surface area is 211 Å². The van der Waals surface area contributed by atoms with Crippen LogP contribution in [0.3, 0.4) is 0 Å². The van der Waals surface area contributed by atoms with Gasteiger partial charge in [0.1, 0.15) is 5.82 Å². The highest BCUT2D eigenvalue weighted by molar-refractivity contribution is 6.35. The summed E-state index contributed by atoms with van der Waals surface area (Å²) in [7, 11) is 0. The number of aliphatic hydroxyl groups excluding tert-OH is 1.